The highest BCUT2D eigenvalue weighted by atomic mass is 14.7. The van der Waals surface area contributed by atoms with Crippen LogP contribution < -0.4 is 0 Å². The third-order valence-electron chi connectivity index (χ3n) is 18.4. The summed E-state index contributed by atoms with van der Waals surface area (Å²) in [4.78, 5) is 9.44. The first-order valence-corrected chi connectivity index (χ1v) is 28.5. The summed E-state index contributed by atoms with van der Waals surface area (Å²) in [5, 5.41) is 0. The van der Waals surface area contributed by atoms with E-state index in [9.17, 15) is 0 Å². The van der Waals surface area contributed by atoms with Crippen molar-refractivity contribution in [2.24, 2.45) is 0 Å². The molecule has 0 aliphatic heterocycles. The van der Waals surface area contributed by atoms with Crippen LogP contribution in [0.2, 0.25) is 0 Å². The van der Waals surface area contributed by atoms with Crippen molar-refractivity contribution >= 4 is 0 Å². The van der Waals surface area contributed by atoms with Gasteiger partial charge < -0.3 is 0 Å². The fourth-order valence-electron chi connectivity index (χ4n) is 14.0. The largest absolute Gasteiger partial charge is 0.256 e. The van der Waals surface area contributed by atoms with Crippen LogP contribution in [-0.2, 0) is 16.2 Å². The van der Waals surface area contributed by atoms with Gasteiger partial charge in [-0.3, -0.25) is 9.97 Å². The lowest BCUT2D eigenvalue weighted by atomic mass is 9.79. The zero-order valence-corrected chi connectivity index (χ0v) is 46.6. The minimum Gasteiger partial charge on any atom is -0.256 e. The third kappa shape index (κ3) is 7.76. The van der Waals surface area contributed by atoms with Crippen LogP contribution in [0, 0.1) is 0 Å². The molecule has 0 saturated heterocycles. The summed E-state index contributed by atoms with van der Waals surface area (Å²) < 4.78 is 0. The van der Waals surface area contributed by atoms with E-state index in [2.05, 4.69) is 272 Å². The van der Waals surface area contributed by atoms with Gasteiger partial charge in [-0.05, 0) is 206 Å². The maximum Gasteiger partial charge on any atom is 0.0702 e. The van der Waals surface area contributed by atoms with Crippen LogP contribution in [0.4, 0.5) is 0 Å². The Morgan fingerprint density at radius 2 is 0.457 bits per heavy atom. The van der Waals surface area contributed by atoms with Gasteiger partial charge >= 0.3 is 0 Å². The van der Waals surface area contributed by atoms with Gasteiger partial charge in [-0.25, -0.2) is 0 Å². The monoisotopic (exact) mass is 1040 g/mol. The molecule has 15 rings (SSSR count). The zero-order valence-electron chi connectivity index (χ0n) is 46.6. The lowest BCUT2D eigenvalue weighted by Crippen LogP contribution is -2.16. The summed E-state index contributed by atoms with van der Waals surface area (Å²) in [6, 6.07) is 90.4. The smallest absolute Gasteiger partial charge is 0.0702 e. The summed E-state index contributed by atoms with van der Waals surface area (Å²) in [6.07, 6.45) is 3.75. The van der Waals surface area contributed by atoms with E-state index in [0.717, 1.165) is 22.5 Å². The summed E-state index contributed by atoms with van der Waals surface area (Å²) >= 11 is 0. The SMILES string of the molecule is CC1(C)c2cc(-c3ccc4c(c3)C(C)(C)c3cc(-c5cc(-c6ccccn6)ccc5-c5ccccc5)ccc3-4)ccc2-c2ccc(-c3ccc4c(c3)C(C)(C)c3cc(-c5cc(-c6ccccn6)ccc5-c5ccccc5)ccc3-4)cc21. The third-order valence-corrected chi connectivity index (χ3v) is 18.4. The van der Waals surface area contributed by atoms with Gasteiger partial charge in [0.25, 0.3) is 0 Å². The fourth-order valence-corrected chi connectivity index (χ4v) is 14.0. The van der Waals surface area contributed by atoms with E-state index in [0.29, 0.717) is 0 Å². The zero-order chi connectivity index (χ0) is 54.8. The van der Waals surface area contributed by atoms with Gasteiger partial charge in [0.05, 0.1) is 11.4 Å². The van der Waals surface area contributed by atoms with Crippen molar-refractivity contribution in [1.82, 2.24) is 9.97 Å². The Kier molecular flexibility index (Phi) is 11.0. The summed E-state index contributed by atoms with van der Waals surface area (Å²) in [7, 11) is 0. The molecule has 0 bridgehead atoms. The van der Waals surface area contributed by atoms with Gasteiger partial charge in [0, 0.05) is 39.8 Å². The molecule has 2 nitrogen and oxygen atoms in total. The molecule has 10 aromatic carbocycles. The van der Waals surface area contributed by atoms with E-state index in [4.69, 9.17) is 9.97 Å². The highest BCUT2D eigenvalue weighted by Crippen LogP contribution is 2.55. The normalized spacial score (nSPS) is 14.3. The molecule has 0 spiro atoms. The topological polar surface area (TPSA) is 25.8 Å². The van der Waals surface area contributed by atoms with E-state index >= 15 is 0 Å². The molecule has 0 amide bonds. The Hall–Kier alpha value is -9.50. The Morgan fingerprint density at radius 3 is 0.753 bits per heavy atom. The molecule has 81 heavy (non-hydrogen) atoms. The quantitative estimate of drug-likeness (QED) is 0.152. The summed E-state index contributed by atoms with van der Waals surface area (Å²) in [5.74, 6) is 0. The second-order valence-electron chi connectivity index (χ2n) is 24.1. The number of benzene rings is 10. The molecule has 3 aliphatic rings. The maximum atomic E-state index is 4.72. The molecule has 0 fully saturated rings. The van der Waals surface area contributed by atoms with Gasteiger partial charge in [0.15, 0.2) is 0 Å². The van der Waals surface area contributed by atoms with Crippen LogP contribution in [0.25, 0.3) is 123 Å². The minimum absolute atomic E-state index is 0.194. The maximum absolute atomic E-state index is 4.72. The average Bonchev–Trinajstić information content (AvgIpc) is 4.23. The van der Waals surface area contributed by atoms with Gasteiger partial charge in [0.2, 0.25) is 0 Å². The first-order chi connectivity index (χ1) is 39.4. The van der Waals surface area contributed by atoms with Crippen molar-refractivity contribution in [3.8, 4) is 123 Å². The highest BCUT2D eigenvalue weighted by Gasteiger charge is 2.40. The Bertz CT molecular complexity index is 4220. The predicted molar refractivity (Wildman–Crippen MR) is 338 cm³/mol. The summed E-state index contributed by atoms with van der Waals surface area (Å²) in [5.41, 5.74) is 34.4. The molecule has 12 aromatic rings. The molecule has 0 saturated carbocycles. The van der Waals surface area contributed by atoms with E-state index in [1.807, 2.05) is 24.5 Å². The van der Waals surface area contributed by atoms with E-state index in [1.54, 1.807) is 0 Å². The fraction of sp³-hybridized carbons (Fsp3) is 0.114. The van der Waals surface area contributed by atoms with E-state index < -0.39 is 0 Å². The van der Waals surface area contributed by atoms with Crippen molar-refractivity contribution in [3.63, 3.8) is 0 Å². The van der Waals surface area contributed by atoms with Crippen LogP contribution in [0.1, 0.15) is 74.9 Å². The number of pyridine rings is 2. The molecule has 0 unspecified atom stereocenters. The minimum atomic E-state index is -0.205. The standard InChI is InChI=1S/C79H60N2/c1-77(2)69-43-51(53-25-35-63-65-37-27-55(47-73(65)78(3,4)71(63)45-53)67-41-57(75-21-13-15-39-80-75)29-31-59(67)49-17-9-7-10-18-49)23-33-61(69)62-34-24-52(44-70(62)77)54-26-36-64-66-38-28-56(48-74(66)79(5,6)72(64)46-54)68-42-58(76-22-14-16-40-81-76)30-32-60(68)50-19-11-8-12-20-50/h7-48H,1-6H3. The number of nitrogens with zero attached hydrogens (tertiary/aromatic N) is 2. The molecule has 3 aliphatic carbocycles. The van der Waals surface area contributed by atoms with Crippen molar-refractivity contribution in [3.05, 3.63) is 288 Å². The summed E-state index contributed by atoms with van der Waals surface area (Å²) in [6.45, 7) is 14.4. The molecule has 386 valence electrons. The average molecular weight is 1040 g/mol. The van der Waals surface area contributed by atoms with Crippen LogP contribution in [-0.4, -0.2) is 9.97 Å². The van der Waals surface area contributed by atoms with Crippen molar-refractivity contribution in [1.29, 1.82) is 0 Å². The van der Waals surface area contributed by atoms with E-state index in [1.165, 1.54) is 134 Å². The number of aromatic nitrogens is 2. The highest BCUT2D eigenvalue weighted by molar-refractivity contribution is 5.94. The van der Waals surface area contributed by atoms with Crippen molar-refractivity contribution in [2.45, 2.75) is 57.8 Å². The van der Waals surface area contributed by atoms with Gasteiger partial charge in [-0.2, -0.15) is 0 Å². The van der Waals surface area contributed by atoms with Gasteiger partial charge in [-0.15, -0.1) is 0 Å². The number of fused-ring (bicyclic) bond motifs is 9. The van der Waals surface area contributed by atoms with Gasteiger partial charge in [-0.1, -0.05) is 211 Å². The first-order valence-electron chi connectivity index (χ1n) is 28.5. The second kappa shape index (κ2) is 18.3. The van der Waals surface area contributed by atoms with Crippen molar-refractivity contribution in [2.75, 3.05) is 0 Å². The van der Waals surface area contributed by atoms with Crippen LogP contribution in [0.15, 0.2) is 255 Å². The molecule has 0 radical (unpaired) electrons. The molecule has 2 aromatic heterocycles. The lowest BCUT2D eigenvalue weighted by Gasteiger charge is -2.24. The van der Waals surface area contributed by atoms with Crippen molar-refractivity contribution < 1.29 is 0 Å². The van der Waals surface area contributed by atoms with Crippen LogP contribution >= 0.6 is 0 Å². The van der Waals surface area contributed by atoms with Gasteiger partial charge in [0.1, 0.15) is 0 Å². The number of rotatable bonds is 8. The Labute approximate surface area is 476 Å². The van der Waals surface area contributed by atoms with Crippen LogP contribution in [0.5, 0.6) is 0 Å². The lowest BCUT2D eigenvalue weighted by molar-refractivity contribution is 0.659. The molecule has 0 atom stereocenters. The molecular formula is C79H60N2. The Morgan fingerprint density at radius 1 is 0.198 bits per heavy atom. The molecule has 2 heterocycles. The molecule has 0 N–H and O–H groups in total. The molecular weight excluding hydrogens is 977 g/mol. The molecule has 2 heteroatoms. The number of hydrogen-bond donors (Lipinski definition) is 0. The Balaban J connectivity index is 0.727. The number of hydrogen-bond acceptors (Lipinski definition) is 2. The van der Waals surface area contributed by atoms with Crippen LogP contribution in [0.3, 0.4) is 0 Å². The first kappa shape index (κ1) is 48.6. The predicted octanol–water partition coefficient (Wildman–Crippen LogP) is 20.7. The second-order valence-corrected chi connectivity index (χ2v) is 24.1. The van der Waals surface area contributed by atoms with E-state index in [-0.39, 0.29) is 16.2 Å².